The summed E-state index contributed by atoms with van der Waals surface area (Å²) in [5, 5.41) is 4.37. The molecule has 4 heteroatoms. The van der Waals surface area contributed by atoms with Gasteiger partial charge in [0.05, 0.1) is 0 Å². The molecule has 2 rings (SSSR count). The van der Waals surface area contributed by atoms with Gasteiger partial charge in [-0.1, -0.05) is 29.8 Å². The number of nitrogens with one attached hydrogen (secondary N) is 1. The molecule has 1 aliphatic rings. The Hall–Kier alpha value is -0.610. The SMILES string of the molecule is CNC(Cc1ccccc1Cl)C1CN(C)CCCN1C. The molecule has 3 nitrogen and oxygen atoms in total. The van der Waals surface area contributed by atoms with E-state index in [2.05, 4.69) is 48.4 Å². The van der Waals surface area contributed by atoms with Crippen LogP contribution < -0.4 is 5.32 Å². The van der Waals surface area contributed by atoms with Crippen molar-refractivity contribution in [3.05, 3.63) is 34.9 Å². The summed E-state index contributed by atoms with van der Waals surface area (Å²) >= 11 is 6.31. The smallest absolute Gasteiger partial charge is 0.0438 e. The number of nitrogens with zero attached hydrogens (tertiary/aromatic N) is 2. The van der Waals surface area contributed by atoms with Crippen LogP contribution in [-0.2, 0) is 6.42 Å². The Morgan fingerprint density at radius 3 is 2.75 bits per heavy atom. The van der Waals surface area contributed by atoms with Crippen molar-refractivity contribution in [2.75, 3.05) is 40.8 Å². The molecule has 0 amide bonds. The standard InChI is InChI=1S/C16H26ClN3/c1-18-15(11-13-7-4-5-8-14(13)17)16-12-19(2)9-6-10-20(16)3/h4-5,7-8,15-16,18H,6,9-12H2,1-3H3. The van der Waals surface area contributed by atoms with Gasteiger partial charge in [0, 0.05) is 23.7 Å². The third kappa shape index (κ3) is 3.95. The number of rotatable bonds is 4. The fourth-order valence-corrected chi connectivity index (χ4v) is 3.28. The Labute approximate surface area is 127 Å². The molecule has 0 aromatic heterocycles. The van der Waals surface area contributed by atoms with E-state index in [0.717, 1.165) is 24.5 Å². The summed E-state index contributed by atoms with van der Waals surface area (Å²) in [4.78, 5) is 4.92. The Morgan fingerprint density at radius 2 is 2.05 bits per heavy atom. The predicted octanol–water partition coefficient (Wildman–Crippen LogP) is 2.11. The minimum absolute atomic E-state index is 0.417. The van der Waals surface area contributed by atoms with E-state index >= 15 is 0 Å². The lowest BCUT2D eigenvalue weighted by molar-refractivity contribution is 0.181. The summed E-state index contributed by atoms with van der Waals surface area (Å²) in [5.41, 5.74) is 1.23. The summed E-state index contributed by atoms with van der Waals surface area (Å²) in [6, 6.07) is 9.10. The van der Waals surface area contributed by atoms with Crippen LogP contribution in [0.2, 0.25) is 5.02 Å². The largest absolute Gasteiger partial charge is 0.315 e. The van der Waals surface area contributed by atoms with Crippen LogP contribution in [0.4, 0.5) is 0 Å². The van der Waals surface area contributed by atoms with E-state index in [1.54, 1.807) is 0 Å². The highest BCUT2D eigenvalue weighted by atomic mass is 35.5. The van der Waals surface area contributed by atoms with E-state index in [4.69, 9.17) is 11.6 Å². The van der Waals surface area contributed by atoms with Crippen LogP contribution in [-0.4, -0.2) is 62.7 Å². The van der Waals surface area contributed by atoms with Gasteiger partial charge in [-0.15, -0.1) is 0 Å². The van der Waals surface area contributed by atoms with E-state index in [-0.39, 0.29) is 0 Å². The topological polar surface area (TPSA) is 18.5 Å². The zero-order chi connectivity index (χ0) is 14.5. The third-order valence-electron chi connectivity index (χ3n) is 4.35. The molecule has 1 N–H and O–H groups in total. The molecule has 1 aliphatic heterocycles. The van der Waals surface area contributed by atoms with Crippen molar-refractivity contribution in [3.63, 3.8) is 0 Å². The second-order valence-corrected chi connectivity index (χ2v) is 6.26. The minimum Gasteiger partial charge on any atom is -0.315 e. The summed E-state index contributed by atoms with van der Waals surface area (Å²) in [5.74, 6) is 0. The van der Waals surface area contributed by atoms with Gasteiger partial charge in [-0.3, -0.25) is 0 Å². The summed E-state index contributed by atoms with van der Waals surface area (Å²) in [6.45, 7) is 3.45. The fourth-order valence-electron chi connectivity index (χ4n) is 3.07. The van der Waals surface area contributed by atoms with Crippen LogP contribution >= 0.6 is 11.6 Å². The summed E-state index contributed by atoms with van der Waals surface area (Å²) in [7, 11) is 6.51. The average Bonchev–Trinajstić information content (AvgIpc) is 2.60. The van der Waals surface area contributed by atoms with Crippen LogP contribution in [0.1, 0.15) is 12.0 Å². The molecule has 1 saturated heterocycles. The first-order valence-corrected chi connectivity index (χ1v) is 7.79. The van der Waals surface area contributed by atoms with Gasteiger partial charge < -0.3 is 15.1 Å². The molecule has 0 aliphatic carbocycles. The summed E-state index contributed by atoms with van der Waals surface area (Å²) < 4.78 is 0. The molecule has 1 fully saturated rings. The Bertz CT molecular complexity index is 424. The van der Waals surface area contributed by atoms with Gasteiger partial charge in [-0.25, -0.2) is 0 Å². The van der Waals surface area contributed by atoms with Crippen LogP contribution in [0.5, 0.6) is 0 Å². The Balaban J connectivity index is 2.12. The number of likely N-dealkylation sites (N-methyl/N-ethyl adjacent to an activating group) is 3. The first kappa shape index (κ1) is 15.8. The molecule has 1 aromatic rings. The van der Waals surface area contributed by atoms with Crippen molar-refractivity contribution >= 4 is 11.6 Å². The molecule has 0 saturated carbocycles. The van der Waals surface area contributed by atoms with Gasteiger partial charge >= 0.3 is 0 Å². The number of hydrogen-bond donors (Lipinski definition) is 1. The van der Waals surface area contributed by atoms with E-state index < -0.39 is 0 Å². The molecule has 1 aromatic carbocycles. The van der Waals surface area contributed by atoms with Gasteiger partial charge in [-0.2, -0.15) is 0 Å². The second-order valence-electron chi connectivity index (χ2n) is 5.85. The van der Waals surface area contributed by atoms with E-state index in [9.17, 15) is 0 Å². The van der Waals surface area contributed by atoms with E-state index in [1.165, 1.54) is 18.5 Å². The summed E-state index contributed by atoms with van der Waals surface area (Å²) in [6.07, 6.45) is 2.21. The second kappa shape index (κ2) is 7.41. The van der Waals surface area contributed by atoms with Gasteiger partial charge in [0.25, 0.3) is 0 Å². The van der Waals surface area contributed by atoms with E-state index in [0.29, 0.717) is 12.1 Å². The monoisotopic (exact) mass is 295 g/mol. The lowest BCUT2D eigenvalue weighted by Gasteiger charge is -2.34. The van der Waals surface area contributed by atoms with Crippen molar-refractivity contribution in [1.82, 2.24) is 15.1 Å². The molecule has 0 spiro atoms. The Kier molecular flexibility index (Phi) is 5.85. The molecule has 2 unspecified atom stereocenters. The normalized spacial score (nSPS) is 23.5. The van der Waals surface area contributed by atoms with Crippen LogP contribution in [0.25, 0.3) is 0 Å². The zero-order valence-corrected chi connectivity index (χ0v) is 13.5. The van der Waals surface area contributed by atoms with Crippen molar-refractivity contribution in [3.8, 4) is 0 Å². The highest BCUT2D eigenvalue weighted by Gasteiger charge is 2.27. The van der Waals surface area contributed by atoms with Crippen molar-refractivity contribution < 1.29 is 0 Å². The average molecular weight is 296 g/mol. The van der Waals surface area contributed by atoms with Crippen molar-refractivity contribution in [2.45, 2.75) is 24.9 Å². The molecule has 0 radical (unpaired) electrons. The molecule has 1 heterocycles. The van der Waals surface area contributed by atoms with Gasteiger partial charge in [-0.05, 0) is 58.7 Å². The van der Waals surface area contributed by atoms with Crippen molar-refractivity contribution in [2.24, 2.45) is 0 Å². The molecule has 20 heavy (non-hydrogen) atoms. The molecule has 0 bridgehead atoms. The molecular weight excluding hydrogens is 270 g/mol. The maximum Gasteiger partial charge on any atom is 0.0438 e. The number of benzene rings is 1. The predicted molar refractivity (Wildman–Crippen MR) is 86.5 cm³/mol. The van der Waals surface area contributed by atoms with E-state index in [1.807, 2.05) is 12.1 Å². The van der Waals surface area contributed by atoms with Crippen LogP contribution in [0, 0.1) is 0 Å². The minimum atomic E-state index is 0.417. The molecule has 112 valence electrons. The van der Waals surface area contributed by atoms with Gasteiger partial charge in [0.15, 0.2) is 0 Å². The first-order chi connectivity index (χ1) is 9.61. The first-order valence-electron chi connectivity index (χ1n) is 7.41. The number of halogens is 1. The van der Waals surface area contributed by atoms with Crippen molar-refractivity contribution in [1.29, 1.82) is 0 Å². The zero-order valence-electron chi connectivity index (χ0n) is 12.8. The maximum atomic E-state index is 6.31. The van der Waals surface area contributed by atoms with Crippen LogP contribution in [0.3, 0.4) is 0 Å². The molecule has 2 atom stereocenters. The molecular formula is C16H26ClN3. The lowest BCUT2D eigenvalue weighted by Crippen LogP contribution is -2.52. The maximum absolute atomic E-state index is 6.31. The van der Waals surface area contributed by atoms with Gasteiger partial charge in [0.2, 0.25) is 0 Å². The number of hydrogen-bond acceptors (Lipinski definition) is 3. The Morgan fingerprint density at radius 1 is 1.30 bits per heavy atom. The highest BCUT2D eigenvalue weighted by molar-refractivity contribution is 6.31. The fraction of sp³-hybridized carbons (Fsp3) is 0.625. The third-order valence-corrected chi connectivity index (χ3v) is 4.72. The lowest BCUT2D eigenvalue weighted by atomic mass is 9.98. The quantitative estimate of drug-likeness (QED) is 0.918. The van der Waals surface area contributed by atoms with Crippen LogP contribution in [0.15, 0.2) is 24.3 Å². The van der Waals surface area contributed by atoms with Gasteiger partial charge in [0.1, 0.15) is 0 Å². The highest BCUT2D eigenvalue weighted by Crippen LogP contribution is 2.20.